The third kappa shape index (κ3) is 3.89. The molecule has 0 spiro atoms. The highest BCUT2D eigenvalue weighted by Gasteiger charge is 2.50. The highest BCUT2D eigenvalue weighted by atomic mass is 16.7. The molecule has 1 saturated carbocycles. The molecule has 0 N–H and O–H groups in total. The summed E-state index contributed by atoms with van der Waals surface area (Å²) in [4.78, 5) is 41.6. The van der Waals surface area contributed by atoms with E-state index in [1.54, 1.807) is 0 Å². The van der Waals surface area contributed by atoms with Gasteiger partial charge in [-0.15, -0.1) is 5.06 Å². The summed E-state index contributed by atoms with van der Waals surface area (Å²) in [6.07, 6.45) is 3.84. The van der Waals surface area contributed by atoms with Gasteiger partial charge in [-0.05, 0) is 44.7 Å². The fourth-order valence-corrected chi connectivity index (χ4v) is 3.73. The first kappa shape index (κ1) is 18.4. The second kappa shape index (κ2) is 7.89. The van der Waals surface area contributed by atoms with Gasteiger partial charge in [0.05, 0.1) is 24.9 Å². The van der Waals surface area contributed by atoms with Crippen LogP contribution in [-0.2, 0) is 19.2 Å². The van der Waals surface area contributed by atoms with Crippen molar-refractivity contribution in [3.63, 3.8) is 0 Å². The number of hydroxylamine groups is 2. The van der Waals surface area contributed by atoms with Crippen molar-refractivity contribution < 1.29 is 24.0 Å². The SMILES string of the molecule is Cc1ccc(OCCCC(=O)ON2C(=O)C3CCCCC3C2=O)c(C)c1. The van der Waals surface area contributed by atoms with Crippen molar-refractivity contribution in [2.24, 2.45) is 11.8 Å². The first-order chi connectivity index (χ1) is 12.5. The molecule has 6 nitrogen and oxygen atoms in total. The molecule has 1 aliphatic carbocycles. The van der Waals surface area contributed by atoms with Gasteiger partial charge in [-0.3, -0.25) is 9.59 Å². The van der Waals surface area contributed by atoms with Crippen LogP contribution in [-0.4, -0.2) is 29.5 Å². The maximum Gasteiger partial charge on any atom is 0.333 e. The molecular formula is C20H25NO5. The van der Waals surface area contributed by atoms with Crippen LogP contribution in [0.1, 0.15) is 49.7 Å². The van der Waals surface area contributed by atoms with E-state index in [0.717, 1.165) is 24.2 Å². The molecule has 1 heterocycles. The van der Waals surface area contributed by atoms with Crippen molar-refractivity contribution in [2.45, 2.75) is 52.4 Å². The molecule has 0 aromatic heterocycles. The van der Waals surface area contributed by atoms with Crippen LogP contribution in [0.15, 0.2) is 18.2 Å². The minimum absolute atomic E-state index is 0.0945. The quantitative estimate of drug-likeness (QED) is 0.576. The summed E-state index contributed by atoms with van der Waals surface area (Å²) in [5, 5.41) is 0.702. The Morgan fingerprint density at radius 3 is 2.38 bits per heavy atom. The summed E-state index contributed by atoms with van der Waals surface area (Å²) in [5.41, 5.74) is 2.21. The Kier molecular flexibility index (Phi) is 5.59. The Morgan fingerprint density at radius 2 is 1.77 bits per heavy atom. The van der Waals surface area contributed by atoms with E-state index in [2.05, 4.69) is 0 Å². The van der Waals surface area contributed by atoms with Crippen molar-refractivity contribution in [1.29, 1.82) is 0 Å². The van der Waals surface area contributed by atoms with E-state index in [1.807, 2.05) is 32.0 Å². The van der Waals surface area contributed by atoms with Crippen molar-refractivity contribution in [1.82, 2.24) is 5.06 Å². The zero-order valence-corrected chi connectivity index (χ0v) is 15.3. The number of amides is 2. The van der Waals surface area contributed by atoms with Crippen molar-refractivity contribution in [3.05, 3.63) is 29.3 Å². The zero-order valence-electron chi connectivity index (χ0n) is 15.3. The van der Waals surface area contributed by atoms with Crippen LogP contribution in [0.2, 0.25) is 0 Å². The summed E-state index contributed by atoms with van der Waals surface area (Å²) >= 11 is 0. The minimum Gasteiger partial charge on any atom is -0.493 e. The van der Waals surface area contributed by atoms with Crippen LogP contribution < -0.4 is 4.74 Å². The number of benzene rings is 1. The van der Waals surface area contributed by atoms with Gasteiger partial charge in [0.1, 0.15) is 5.75 Å². The minimum atomic E-state index is -0.574. The van der Waals surface area contributed by atoms with Crippen LogP contribution in [0.3, 0.4) is 0 Å². The Morgan fingerprint density at radius 1 is 1.12 bits per heavy atom. The van der Waals surface area contributed by atoms with E-state index in [4.69, 9.17) is 9.57 Å². The van der Waals surface area contributed by atoms with Gasteiger partial charge in [-0.2, -0.15) is 0 Å². The lowest BCUT2D eigenvalue weighted by Gasteiger charge is -2.19. The number of hydrogen-bond donors (Lipinski definition) is 0. The molecule has 6 heteroatoms. The van der Waals surface area contributed by atoms with E-state index in [-0.39, 0.29) is 30.1 Å². The number of fused-ring (bicyclic) bond motifs is 1. The number of carbonyl (C=O) groups excluding carboxylic acids is 3. The third-order valence-electron chi connectivity index (χ3n) is 5.11. The lowest BCUT2D eigenvalue weighted by Crippen LogP contribution is -2.33. The van der Waals surface area contributed by atoms with Crippen LogP contribution in [0.5, 0.6) is 5.75 Å². The summed E-state index contributed by atoms with van der Waals surface area (Å²) in [6.45, 7) is 4.36. The second-order valence-electron chi connectivity index (χ2n) is 7.15. The molecule has 1 saturated heterocycles. The van der Waals surface area contributed by atoms with Gasteiger partial charge >= 0.3 is 5.97 Å². The molecule has 1 aromatic rings. The van der Waals surface area contributed by atoms with E-state index in [0.29, 0.717) is 30.9 Å². The molecule has 0 bridgehead atoms. The van der Waals surface area contributed by atoms with Crippen molar-refractivity contribution >= 4 is 17.8 Å². The fourth-order valence-electron chi connectivity index (χ4n) is 3.73. The topological polar surface area (TPSA) is 72.9 Å². The van der Waals surface area contributed by atoms with Crippen LogP contribution >= 0.6 is 0 Å². The summed E-state index contributed by atoms with van der Waals surface area (Å²) in [6, 6.07) is 5.92. The van der Waals surface area contributed by atoms with Crippen molar-refractivity contribution in [3.8, 4) is 5.75 Å². The molecule has 0 radical (unpaired) electrons. The number of carbonyl (C=O) groups is 3. The van der Waals surface area contributed by atoms with Crippen LogP contribution in [0, 0.1) is 25.7 Å². The highest BCUT2D eigenvalue weighted by molar-refractivity contribution is 6.04. The van der Waals surface area contributed by atoms with Gasteiger partial charge in [0.2, 0.25) is 0 Å². The van der Waals surface area contributed by atoms with Crippen LogP contribution in [0.4, 0.5) is 0 Å². The van der Waals surface area contributed by atoms with E-state index < -0.39 is 5.97 Å². The Hall–Kier alpha value is -2.37. The first-order valence-electron chi connectivity index (χ1n) is 9.26. The van der Waals surface area contributed by atoms with E-state index >= 15 is 0 Å². The number of hydrogen-bond acceptors (Lipinski definition) is 5. The van der Waals surface area contributed by atoms with Gasteiger partial charge in [-0.1, -0.05) is 30.5 Å². The van der Waals surface area contributed by atoms with Gasteiger partial charge in [0, 0.05) is 0 Å². The maximum absolute atomic E-state index is 12.3. The molecule has 2 fully saturated rings. The molecule has 2 atom stereocenters. The molecule has 26 heavy (non-hydrogen) atoms. The largest absolute Gasteiger partial charge is 0.493 e. The monoisotopic (exact) mass is 359 g/mol. The lowest BCUT2D eigenvalue weighted by molar-refractivity contribution is -0.198. The highest BCUT2D eigenvalue weighted by Crippen LogP contribution is 2.38. The molecule has 140 valence electrons. The Balaban J connectivity index is 1.44. The molecule has 1 aromatic carbocycles. The first-order valence-corrected chi connectivity index (χ1v) is 9.26. The predicted molar refractivity (Wildman–Crippen MR) is 94.0 cm³/mol. The number of ether oxygens (including phenoxy) is 1. The lowest BCUT2D eigenvalue weighted by atomic mass is 9.81. The summed E-state index contributed by atoms with van der Waals surface area (Å²) in [5.74, 6) is -1.12. The van der Waals surface area contributed by atoms with Gasteiger partial charge in [0.15, 0.2) is 0 Å². The second-order valence-corrected chi connectivity index (χ2v) is 7.15. The smallest absolute Gasteiger partial charge is 0.333 e. The Labute approximate surface area is 153 Å². The average molecular weight is 359 g/mol. The number of aryl methyl sites for hydroxylation is 2. The van der Waals surface area contributed by atoms with Gasteiger partial charge in [-0.25, -0.2) is 4.79 Å². The predicted octanol–water partition coefficient (Wildman–Crippen LogP) is 3.10. The standard InChI is InChI=1S/C20H25NO5/c1-13-9-10-17(14(2)12-13)25-11-5-8-18(22)26-21-19(23)15-6-3-4-7-16(15)20(21)24/h9-10,12,15-16H,3-8,11H2,1-2H3. The summed E-state index contributed by atoms with van der Waals surface area (Å²) in [7, 11) is 0. The molecule has 2 unspecified atom stereocenters. The number of nitrogens with zero attached hydrogens (tertiary/aromatic N) is 1. The number of imide groups is 1. The third-order valence-corrected chi connectivity index (χ3v) is 5.11. The molecule has 3 rings (SSSR count). The van der Waals surface area contributed by atoms with Gasteiger partial charge < -0.3 is 9.57 Å². The van der Waals surface area contributed by atoms with Crippen LogP contribution in [0.25, 0.3) is 0 Å². The number of rotatable bonds is 6. The maximum atomic E-state index is 12.3. The van der Waals surface area contributed by atoms with E-state index in [9.17, 15) is 14.4 Å². The van der Waals surface area contributed by atoms with E-state index in [1.165, 1.54) is 5.56 Å². The normalized spacial score (nSPS) is 22.3. The molecule has 1 aliphatic heterocycles. The zero-order chi connectivity index (χ0) is 18.7. The Bertz CT molecular complexity index is 690. The molecule has 2 aliphatic rings. The molecular weight excluding hydrogens is 334 g/mol. The van der Waals surface area contributed by atoms with Gasteiger partial charge in [0.25, 0.3) is 11.8 Å². The summed E-state index contributed by atoms with van der Waals surface area (Å²) < 4.78 is 5.68. The molecule has 2 amide bonds. The fraction of sp³-hybridized carbons (Fsp3) is 0.550. The van der Waals surface area contributed by atoms with Crippen molar-refractivity contribution in [2.75, 3.05) is 6.61 Å². The average Bonchev–Trinajstić information content (AvgIpc) is 2.85.